The van der Waals surface area contributed by atoms with Gasteiger partial charge < -0.3 is 4.74 Å². The van der Waals surface area contributed by atoms with Crippen LogP contribution in [0.5, 0.6) is 0 Å². The number of unbranched alkanes of at least 4 members (excludes halogenated alkanes) is 14. The Bertz CT molecular complexity index is 269. The first-order valence-electron chi connectivity index (χ1n) is 10.8. The maximum Gasteiger partial charge on any atom is 0.540 e. The third kappa shape index (κ3) is 21.2. The Morgan fingerprint density at radius 1 is 0.560 bits per heavy atom. The Balaban J connectivity index is 3.11. The maximum atomic E-state index is 11.3. The van der Waals surface area contributed by atoms with Crippen molar-refractivity contribution < 1.29 is 19.3 Å². The van der Waals surface area contributed by atoms with Crippen LogP contribution in [-0.2, 0) is 14.5 Å². The van der Waals surface area contributed by atoms with Crippen LogP contribution in [0.2, 0.25) is 0 Å². The highest BCUT2D eigenvalue weighted by Gasteiger charge is 2.04. The Labute approximate surface area is 155 Å². The molecular formula is C21H42O4. The van der Waals surface area contributed by atoms with Crippen molar-refractivity contribution in [1.29, 1.82) is 0 Å². The highest BCUT2D eigenvalue weighted by molar-refractivity contribution is 5.58. The van der Waals surface area contributed by atoms with Gasteiger partial charge in [-0.2, -0.15) is 4.89 Å². The third-order valence-electron chi connectivity index (χ3n) is 4.43. The van der Waals surface area contributed by atoms with Crippen LogP contribution in [0.25, 0.3) is 0 Å². The molecule has 150 valence electrons. The van der Waals surface area contributed by atoms with Crippen molar-refractivity contribution in [3.05, 3.63) is 0 Å². The summed E-state index contributed by atoms with van der Waals surface area (Å²) in [6.45, 7) is 5.30. The van der Waals surface area contributed by atoms with Gasteiger partial charge in [0, 0.05) is 0 Å². The summed E-state index contributed by atoms with van der Waals surface area (Å²) >= 11 is 0. The molecule has 0 heterocycles. The average Bonchev–Trinajstić information content (AvgIpc) is 2.62. The summed E-state index contributed by atoms with van der Waals surface area (Å²) in [5.41, 5.74) is 0. The molecule has 0 amide bonds. The van der Waals surface area contributed by atoms with E-state index in [1.807, 2.05) is 0 Å². The van der Waals surface area contributed by atoms with Gasteiger partial charge in [0.15, 0.2) is 0 Å². The zero-order valence-corrected chi connectivity index (χ0v) is 16.9. The smallest absolute Gasteiger partial charge is 0.432 e. The van der Waals surface area contributed by atoms with Crippen molar-refractivity contribution in [3.8, 4) is 0 Å². The highest BCUT2D eigenvalue weighted by Crippen LogP contribution is 2.12. The minimum atomic E-state index is -0.710. The maximum absolute atomic E-state index is 11.3. The van der Waals surface area contributed by atoms with E-state index in [4.69, 9.17) is 9.62 Å². The molecule has 0 aliphatic rings. The van der Waals surface area contributed by atoms with E-state index in [-0.39, 0.29) is 0 Å². The third-order valence-corrected chi connectivity index (χ3v) is 4.43. The zero-order chi connectivity index (χ0) is 18.4. The lowest BCUT2D eigenvalue weighted by molar-refractivity contribution is -0.255. The predicted octanol–water partition coefficient (Wildman–Crippen LogP) is 7.35. The SMILES string of the molecule is CCCCCCCCCCCCCCOC(=O)OOCCCCCC. The molecule has 4 heteroatoms. The lowest BCUT2D eigenvalue weighted by Gasteiger charge is -2.05. The molecule has 0 radical (unpaired) electrons. The first kappa shape index (κ1) is 24.2. The molecule has 0 saturated carbocycles. The number of hydrogen-bond acceptors (Lipinski definition) is 4. The van der Waals surface area contributed by atoms with Crippen molar-refractivity contribution in [2.45, 2.75) is 117 Å². The molecule has 0 N–H and O–H groups in total. The van der Waals surface area contributed by atoms with Gasteiger partial charge in [-0.15, -0.1) is 0 Å². The van der Waals surface area contributed by atoms with Gasteiger partial charge in [-0.25, -0.2) is 4.79 Å². The van der Waals surface area contributed by atoms with Gasteiger partial charge in [-0.1, -0.05) is 104 Å². The molecule has 0 aromatic rings. The van der Waals surface area contributed by atoms with Crippen molar-refractivity contribution in [2.75, 3.05) is 13.2 Å². The van der Waals surface area contributed by atoms with Gasteiger partial charge in [-0.05, 0) is 12.8 Å². The molecule has 0 rings (SSSR count). The highest BCUT2D eigenvalue weighted by atomic mass is 17.2. The molecule has 0 bridgehead atoms. The fourth-order valence-corrected chi connectivity index (χ4v) is 2.80. The monoisotopic (exact) mass is 358 g/mol. The largest absolute Gasteiger partial charge is 0.540 e. The van der Waals surface area contributed by atoms with E-state index in [0.29, 0.717) is 13.2 Å². The second-order valence-electron chi connectivity index (χ2n) is 6.95. The van der Waals surface area contributed by atoms with Crippen LogP contribution in [0, 0.1) is 0 Å². The number of carbonyl (C=O) groups is 1. The first-order chi connectivity index (χ1) is 12.3. The Morgan fingerprint density at radius 2 is 0.960 bits per heavy atom. The first-order valence-corrected chi connectivity index (χ1v) is 10.8. The topological polar surface area (TPSA) is 44.8 Å². The van der Waals surface area contributed by atoms with Crippen molar-refractivity contribution in [2.24, 2.45) is 0 Å². The van der Waals surface area contributed by atoms with Crippen LogP contribution in [0.4, 0.5) is 4.79 Å². The molecule has 0 atom stereocenters. The second-order valence-corrected chi connectivity index (χ2v) is 6.95. The number of hydrogen-bond donors (Lipinski definition) is 0. The molecular weight excluding hydrogens is 316 g/mol. The van der Waals surface area contributed by atoms with Crippen LogP contribution in [0.3, 0.4) is 0 Å². The van der Waals surface area contributed by atoms with Gasteiger partial charge in [0.1, 0.15) is 0 Å². The fraction of sp³-hybridized carbons (Fsp3) is 0.952. The van der Waals surface area contributed by atoms with E-state index < -0.39 is 6.16 Å². The number of rotatable bonds is 19. The number of ether oxygens (including phenoxy) is 1. The molecule has 0 spiro atoms. The number of carbonyl (C=O) groups excluding carboxylic acids is 1. The molecule has 0 aromatic carbocycles. The van der Waals surface area contributed by atoms with Crippen molar-refractivity contribution in [1.82, 2.24) is 0 Å². The summed E-state index contributed by atoms with van der Waals surface area (Å²) in [6.07, 6.45) is 19.2. The van der Waals surface area contributed by atoms with Crippen molar-refractivity contribution in [3.63, 3.8) is 0 Å². The predicted molar refractivity (Wildman–Crippen MR) is 104 cm³/mol. The van der Waals surface area contributed by atoms with E-state index in [9.17, 15) is 4.79 Å². The molecule has 0 aliphatic carbocycles. The fourth-order valence-electron chi connectivity index (χ4n) is 2.80. The van der Waals surface area contributed by atoms with E-state index >= 15 is 0 Å². The van der Waals surface area contributed by atoms with Gasteiger partial charge >= 0.3 is 6.16 Å². The Morgan fingerprint density at radius 3 is 1.48 bits per heavy atom. The summed E-state index contributed by atoms with van der Waals surface area (Å²) < 4.78 is 4.98. The van der Waals surface area contributed by atoms with Gasteiger partial charge in [-0.3, -0.25) is 4.89 Å². The van der Waals surface area contributed by atoms with E-state index in [1.165, 1.54) is 77.0 Å². The summed E-state index contributed by atoms with van der Waals surface area (Å²) in [6, 6.07) is 0. The Kier molecular flexibility index (Phi) is 20.6. The van der Waals surface area contributed by atoms with Crippen LogP contribution in [-0.4, -0.2) is 19.4 Å². The molecule has 0 unspecified atom stereocenters. The Hall–Kier alpha value is -0.770. The zero-order valence-electron chi connectivity index (χ0n) is 16.9. The molecule has 4 nitrogen and oxygen atoms in total. The van der Waals surface area contributed by atoms with Crippen LogP contribution in [0.1, 0.15) is 117 Å². The summed E-state index contributed by atoms with van der Waals surface area (Å²) in [5, 5.41) is 0. The minimum absolute atomic E-state index is 0.426. The minimum Gasteiger partial charge on any atom is -0.432 e. The van der Waals surface area contributed by atoms with Gasteiger partial charge in [0.25, 0.3) is 0 Å². The second kappa shape index (κ2) is 21.3. The van der Waals surface area contributed by atoms with Crippen LogP contribution in [0.15, 0.2) is 0 Å². The molecule has 25 heavy (non-hydrogen) atoms. The van der Waals surface area contributed by atoms with Gasteiger partial charge in [0.2, 0.25) is 0 Å². The summed E-state index contributed by atoms with van der Waals surface area (Å²) in [4.78, 5) is 20.7. The van der Waals surface area contributed by atoms with E-state index in [2.05, 4.69) is 18.7 Å². The van der Waals surface area contributed by atoms with Crippen LogP contribution >= 0.6 is 0 Å². The average molecular weight is 359 g/mol. The standard InChI is InChI=1S/C21H42O4/c1-3-5-7-9-10-11-12-13-14-15-16-17-19-23-21(22)25-24-20-18-8-6-4-2/h3-20H2,1-2H3. The molecule has 0 fully saturated rings. The summed E-state index contributed by atoms with van der Waals surface area (Å²) in [7, 11) is 0. The van der Waals surface area contributed by atoms with Crippen LogP contribution < -0.4 is 0 Å². The molecule has 0 aliphatic heterocycles. The molecule has 0 saturated heterocycles. The molecule has 0 aromatic heterocycles. The lowest BCUT2D eigenvalue weighted by atomic mass is 10.1. The summed E-state index contributed by atoms with van der Waals surface area (Å²) in [5.74, 6) is 0. The van der Waals surface area contributed by atoms with E-state index in [0.717, 1.165) is 25.7 Å². The quantitative estimate of drug-likeness (QED) is 0.105. The van der Waals surface area contributed by atoms with Gasteiger partial charge in [0.05, 0.1) is 13.2 Å². The normalized spacial score (nSPS) is 10.8. The van der Waals surface area contributed by atoms with Crippen molar-refractivity contribution >= 4 is 6.16 Å². The van der Waals surface area contributed by atoms with E-state index in [1.54, 1.807) is 0 Å². The lowest BCUT2D eigenvalue weighted by Crippen LogP contribution is -2.09.